The van der Waals surface area contributed by atoms with Crippen molar-refractivity contribution < 1.29 is 23.9 Å². The molecule has 10 heteroatoms. The minimum atomic E-state index is -2.87. The first-order valence-electron chi connectivity index (χ1n) is 4.09. The third-order valence-electron chi connectivity index (χ3n) is 0.781. The van der Waals surface area contributed by atoms with Gasteiger partial charge in [0.1, 0.15) is 0 Å². The van der Waals surface area contributed by atoms with Crippen LogP contribution in [0.3, 0.4) is 0 Å². The zero-order valence-corrected chi connectivity index (χ0v) is 9.60. The first-order chi connectivity index (χ1) is 7.27. The van der Waals surface area contributed by atoms with Crippen molar-refractivity contribution in [3.05, 3.63) is 0 Å². The lowest BCUT2D eigenvalue weighted by atomic mass is 10.4. The van der Waals surface area contributed by atoms with Crippen LogP contribution in [0.25, 0.3) is 0 Å². The highest BCUT2D eigenvalue weighted by Crippen LogP contribution is 1.98. The van der Waals surface area contributed by atoms with Crippen LogP contribution in [0.4, 0.5) is 0 Å². The molecule has 0 saturated carbocycles. The fourth-order valence-electron chi connectivity index (χ4n) is 0.285. The number of hydrogen-bond acceptors (Lipinski definition) is 5. The Bertz CT molecular complexity index is 193. The Labute approximate surface area is 93.7 Å². The number of primary amides is 2. The fourth-order valence-corrected chi connectivity index (χ4v) is 0.285. The van der Waals surface area contributed by atoms with E-state index >= 15 is 0 Å². The molecule has 0 radical (unpaired) electrons. The monoisotopic (exact) mass is 257 g/mol. The molecule has 0 spiro atoms. The van der Waals surface area contributed by atoms with Crippen LogP contribution in [-0.4, -0.2) is 34.7 Å². The highest BCUT2D eigenvalue weighted by Gasteiger charge is 1.93. The van der Waals surface area contributed by atoms with Crippen molar-refractivity contribution in [1.29, 1.82) is 0 Å². The molecule has 96 valence electrons. The van der Waals surface area contributed by atoms with Gasteiger partial charge < -0.3 is 22.9 Å². The molecular weight excluding hydrogens is 239 g/mol. The van der Waals surface area contributed by atoms with Crippen LogP contribution < -0.4 is 22.9 Å². The van der Waals surface area contributed by atoms with Crippen molar-refractivity contribution in [1.82, 2.24) is 0 Å². The molecule has 0 atom stereocenters. The van der Waals surface area contributed by atoms with E-state index < -0.39 is 8.25 Å². The molecule has 0 bridgehead atoms. The molecule has 16 heavy (non-hydrogen) atoms. The van der Waals surface area contributed by atoms with Gasteiger partial charge in [-0.2, -0.15) is 0 Å². The van der Waals surface area contributed by atoms with Gasteiger partial charge in [0.05, 0.1) is 0 Å². The van der Waals surface area contributed by atoms with Gasteiger partial charge in [0, 0.05) is 30.5 Å². The van der Waals surface area contributed by atoms with Crippen molar-refractivity contribution in [2.24, 2.45) is 22.9 Å². The van der Waals surface area contributed by atoms with E-state index in [-0.39, 0.29) is 11.8 Å². The van der Waals surface area contributed by atoms with Gasteiger partial charge in [-0.3, -0.25) is 9.59 Å². The van der Waals surface area contributed by atoms with Crippen molar-refractivity contribution in [2.75, 3.05) is 13.1 Å². The van der Waals surface area contributed by atoms with Crippen LogP contribution in [0.1, 0.15) is 12.8 Å². The zero-order valence-electron chi connectivity index (χ0n) is 8.70. The van der Waals surface area contributed by atoms with Gasteiger partial charge in [-0.1, -0.05) is 0 Å². The SMILES string of the molecule is NCCC(N)=O.NCCC(N)=O.O=[P+](O)O. The largest absolute Gasteiger partial charge is 0.692 e. The Kier molecular flexibility index (Phi) is 20.7. The van der Waals surface area contributed by atoms with E-state index in [1.54, 1.807) is 0 Å². The molecule has 0 rings (SSSR count). The van der Waals surface area contributed by atoms with Gasteiger partial charge in [0.2, 0.25) is 11.8 Å². The summed E-state index contributed by atoms with van der Waals surface area (Å²) >= 11 is 0. The van der Waals surface area contributed by atoms with Gasteiger partial charge in [-0.25, -0.2) is 0 Å². The Balaban J connectivity index is -0.000000162. The maximum atomic E-state index is 9.74. The minimum Gasteiger partial charge on any atom is -0.370 e. The minimum absolute atomic E-state index is 0.292. The van der Waals surface area contributed by atoms with Gasteiger partial charge in [-0.15, -0.1) is 9.79 Å². The Morgan fingerprint density at radius 1 is 0.938 bits per heavy atom. The lowest BCUT2D eigenvalue weighted by Crippen LogP contribution is -2.15. The van der Waals surface area contributed by atoms with E-state index in [9.17, 15) is 9.59 Å². The molecule has 10 N–H and O–H groups in total. The van der Waals surface area contributed by atoms with E-state index in [1.165, 1.54) is 0 Å². The number of hydrogen-bond donors (Lipinski definition) is 6. The van der Waals surface area contributed by atoms with Gasteiger partial charge in [0.25, 0.3) is 0 Å². The first-order valence-corrected chi connectivity index (χ1v) is 5.26. The lowest BCUT2D eigenvalue weighted by Gasteiger charge is -1.82. The molecule has 0 saturated heterocycles. The highest BCUT2D eigenvalue weighted by molar-refractivity contribution is 7.30. The number of carbonyl (C=O) groups is 2. The molecule has 0 fully saturated rings. The second kappa shape index (κ2) is 16.3. The third-order valence-corrected chi connectivity index (χ3v) is 0.781. The summed E-state index contributed by atoms with van der Waals surface area (Å²) in [5.74, 6) is -0.671. The summed E-state index contributed by atoms with van der Waals surface area (Å²) in [5.41, 5.74) is 19.2. The van der Waals surface area contributed by atoms with Crippen LogP contribution in [0.2, 0.25) is 0 Å². The standard InChI is InChI=1S/2C3H8N2O.HO3P/c2*4-2-1-3(5)6;1-4(2)3/h2*1-2,4H2,(H2,5,6);(H-,1,2,3)/p+1. The Morgan fingerprint density at radius 2 is 1.12 bits per heavy atom. The summed E-state index contributed by atoms with van der Waals surface area (Å²) in [6, 6.07) is 0. The predicted octanol–water partition coefficient (Wildman–Crippen LogP) is -2.73. The number of rotatable bonds is 4. The van der Waals surface area contributed by atoms with E-state index in [0.29, 0.717) is 25.9 Å². The number of nitrogens with two attached hydrogens (primary N) is 4. The molecule has 0 aliphatic carbocycles. The summed E-state index contributed by atoms with van der Waals surface area (Å²) in [4.78, 5) is 33.7. The lowest BCUT2D eigenvalue weighted by molar-refractivity contribution is -0.118. The predicted molar refractivity (Wildman–Crippen MR) is 57.8 cm³/mol. The zero-order chi connectivity index (χ0) is 13.6. The number of amides is 2. The summed E-state index contributed by atoms with van der Waals surface area (Å²) in [6.07, 6.45) is 0.583. The summed E-state index contributed by atoms with van der Waals surface area (Å²) in [6.45, 7) is 0.713. The third kappa shape index (κ3) is 76.3. The topological polar surface area (TPSA) is 196 Å². The van der Waals surface area contributed by atoms with Crippen LogP contribution in [0.15, 0.2) is 0 Å². The maximum Gasteiger partial charge on any atom is 0.692 e. The van der Waals surface area contributed by atoms with Crippen LogP contribution in [-0.2, 0) is 14.2 Å². The molecule has 0 aromatic carbocycles. The molecule has 2 amide bonds. The van der Waals surface area contributed by atoms with Crippen molar-refractivity contribution in [3.8, 4) is 0 Å². The average molecular weight is 257 g/mol. The van der Waals surface area contributed by atoms with E-state index in [4.69, 9.17) is 25.8 Å². The van der Waals surface area contributed by atoms with Gasteiger partial charge in [0.15, 0.2) is 0 Å². The Morgan fingerprint density at radius 3 is 1.12 bits per heavy atom. The van der Waals surface area contributed by atoms with Crippen LogP contribution in [0.5, 0.6) is 0 Å². The molecule has 0 unspecified atom stereocenters. The molecular formula is C6H18N4O5P+. The molecule has 9 nitrogen and oxygen atoms in total. The average Bonchev–Trinajstić information content (AvgIpc) is 2.02. The summed E-state index contributed by atoms with van der Waals surface area (Å²) in [5, 5.41) is 0. The van der Waals surface area contributed by atoms with Gasteiger partial charge >= 0.3 is 8.25 Å². The molecule has 0 heterocycles. The maximum absolute atomic E-state index is 9.74. The van der Waals surface area contributed by atoms with E-state index in [1.807, 2.05) is 0 Å². The molecule has 0 aromatic heterocycles. The fraction of sp³-hybridized carbons (Fsp3) is 0.667. The van der Waals surface area contributed by atoms with Crippen LogP contribution >= 0.6 is 8.25 Å². The number of carbonyl (C=O) groups excluding carboxylic acids is 2. The normalized spacial score (nSPS) is 7.75. The highest BCUT2D eigenvalue weighted by atomic mass is 31.1. The smallest absolute Gasteiger partial charge is 0.370 e. The van der Waals surface area contributed by atoms with Crippen LogP contribution in [0, 0.1) is 0 Å². The van der Waals surface area contributed by atoms with E-state index in [0.717, 1.165) is 0 Å². The first kappa shape index (κ1) is 20.3. The van der Waals surface area contributed by atoms with Crippen molar-refractivity contribution >= 4 is 20.1 Å². The van der Waals surface area contributed by atoms with Gasteiger partial charge in [-0.05, 0) is 0 Å². The second-order valence-electron chi connectivity index (χ2n) is 2.26. The quantitative estimate of drug-likeness (QED) is 0.294. The van der Waals surface area contributed by atoms with Crippen molar-refractivity contribution in [3.63, 3.8) is 0 Å². The Hall–Kier alpha value is -1.12. The summed E-state index contributed by atoms with van der Waals surface area (Å²) in [7, 11) is -2.87. The molecule has 0 aliphatic rings. The van der Waals surface area contributed by atoms with Crippen molar-refractivity contribution in [2.45, 2.75) is 12.8 Å². The second-order valence-corrected chi connectivity index (χ2v) is 2.77. The van der Waals surface area contributed by atoms with E-state index in [2.05, 4.69) is 11.5 Å². The summed E-state index contributed by atoms with van der Waals surface area (Å²) < 4.78 is 8.70. The molecule has 0 aromatic rings. The molecule has 0 aliphatic heterocycles.